The van der Waals surface area contributed by atoms with Crippen LogP contribution in [-0.4, -0.2) is 50.2 Å². The summed E-state index contributed by atoms with van der Waals surface area (Å²) in [6.45, 7) is 14.7. The number of ether oxygens (including phenoxy) is 4. The first-order chi connectivity index (χ1) is 12.7. The van der Waals surface area contributed by atoms with E-state index in [4.69, 9.17) is 18.9 Å². The predicted octanol–water partition coefficient (Wildman–Crippen LogP) is 3.17. The summed E-state index contributed by atoms with van der Waals surface area (Å²) in [4.78, 5) is 4.46. The Kier molecular flexibility index (Phi) is 4.81. The zero-order chi connectivity index (χ0) is 19.3. The third-order valence-corrected chi connectivity index (χ3v) is 5.82. The summed E-state index contributed by atoms with van der Waals surface area (Å²) < 4.78 is 22.5. The largest absolute Gasteiger partial charge is 0.348 e. The molecule has 3 aliphatic heterocycles. The summed E-state index contributed by atoms with van der Waals surface area (Å²) in [5.74, 6) is 0. The quantitative estimate of drug-likeness (QED) is 0.762. The van der Waals surface area contributed by atoms with Gasteiger partial charge in [-0.3, -0.25) is 4.90 Å². The van der Waals surface area contributed by atoms with Gasteiger partial charge in [0.05, 0.1) is 13.1 Å². The van der Waals surface area contributed by atoms with Gasteiger partial charge in [-0.2, -0.15) is 0 Å². The van der Waals surface area contributed by atoms with Gasteiger partial charge in [-0.15, -0.1) is 0 Å². The molecule has 0 atom stereocenters. The Bertz CT molecular complexity index is 703. The van der Waals surface area contributed by atoms with Crippen LogP contribution in [0.25, 0.3) is 0 Å². The molecule has 3 heterocycles. The molecule has 2 saturated heterocycles. The first kappa shape index (κ1) is 18.9. The highest BCUT2D eigenvalue weighted by molar-refractivity contribution is 5.70. The van der Waals surface area contributed by atoms with Gasteiger partial charge in [0.1, 0.15) is 0 Å². The van der Waals surface area contributed by atoms with E-state index >= 15 is 0 Å². The Morgan fingerprint density at radius 3 is 2.11 bits per heavy atom. The smallest absolute Gasteiger partial charge is 0.176 e. The molecule has 27 heavy (non-hydrogen) atoms. The minimum atomic E-state index is -0.187. The first-order valence-corrected chi connectivity index (χ1v) is 9.65. The summed E-state index contributed by atoms with van der Waals surface area (Å²) in [6.07, 6.45) is -0.605. The van der Waals surface area contributed by atoms with Gasteiger partial charge in [0.2, 0.25) is 0 Å². The molecule has 2 fully saturated rings. The van der Waals surface area contributed by atoms with Gasteiger partial charge in [-0.25, -0.2) is 0 Å². The van der Waals surface area contributed by atoms with Crippen molar-refractivity contribution in [1.82, 2.24) is 4.90 Å². The van der Waals surface area contributed by atoms with Crippen molar-refractivity contribution >= 4 is 5.69 Å². The minimum absolute atomic E-state index is 0.0319. The van der Waals surface area contributed by atoms with Crippen molar-refractivity contribution in [2.24, 2.45) is 0 Å². The summed E-state index contributed by atoms with van der Waals surface area (Å²) in [5, 5.41) is 0. The average Bonchev–Trinajstić information content (AvgIpc) is 2.73. The molecule has 4 rings (SSSR count). The van der Waals surface area contributed by atoms with Crippen LogP contribution in [-0.2, 0) is 30.9 Å². The van der Waals surface area contributed by atoms with E-state index in [0.717, 1.165) is 12.2 Å². The van der Waals surface area contributed by atoms with E-state index in [2.05, 4.69) is 55.5 Å². The van der Waals surface area contributed by atoms with Crippen molar-refractivity contribution < 1.29 is 18.9 Å². The number of fused-ring (bicyclic) bond motifs is 1. The molecule has 0 unspecified atom stereocenters. The number of hydrogen-bond acceptors (Lipinski definition) is 6. The van der Waals surface area contributed by atoms with Gasteiger partial charge >= 0.3 is 0 Å². The van der Waals surface area contributed by atoms with E-state index in [9.17, 15) is 0 Å². The second-order valence-electron chi connectivity index (χ2n) is 8.22. The SMILES string of the molecule is C=C1N(C)c2cc(CN(CC3OC(C)O3)CC3OC(C)O3)ccc2C1(C)C. The molecule has 0 spiro atoms. The number of likely N-dealkylation sites (N-methyl/N-ethyl adjacent to an activating group) is 1. The van der Waals surface area contributed by atoms with Crippen molar-refractivity contribution in [3.63, 3.8) is 0 Å². The fourth-order valence-electron chi connectivity index (χ4n) is 4.13. The minimum Gasteiger partial charge on any atom is -0.348 e. The fraction of sp³-hybridized carbons (Fsp3) is 0.619. The second-order valence-corrected chi connectivity index (χ2v) is 8.22. The highest BCUT2D eigenvalue weighted by atomic mass is 16.9. The predicted molar refractivity (Wildman–Crippen MR) is 103 cm³/mol. The van der Waals surface area contributed by atoms with E-state index in [1.165, 1.54) is 16.8 Å². The van der Waals surface area contributed by atoms with E-state index < -0.39 is 0 Å². The Hall–Kier alpha value is -1.44. The van der Waals surface area contributed by atoms with E-state index in [1.54, 1.807) is 0 Å². The summed E-state index contributed by atoms with van der Waals surface area (Å²) in [6, 6.07) is 6.70. The van der Waals surface area contributed by atoms with Crippen LogP contribution < -0.4 is 4.90 Å². The molecule has 1 aromatic carbocycles. The number of nitrogens with zero attached hydrogens (tertiary/aromatic N) is 2. The number of rotatable bonds is 6. The van der Waals surface area contributed by atoms with Crippen molar-refractivity contribution in [2.45, 2.75) is 64.8 Å². The molecule has 6 nitrogen and oxygen atoms in total. The van der Waals surface area contributed by atoms with Crippen LogP contribution in [0, 0.1) is 0 Å². The van der Waals surface area contributed by atoms with Crippen LogP contribution >= 0.6 is 0 Å². The first-order valence-electron chi connectivity index (χ1n) is 9.65. The van der Waals surface area contributed by atoms with Gasteiger partial charge in [0.25, 0.3) is 0 Å². The van der Waals surface area contributed by atoms with E-state index in [-0.39, 0.29) is 30.6 Å². The Labute approximate surface area is 161 Å². The molecule has 0 N–H and O–H groups in total. The fourth-order valence-corrected chi connectivity index (χ4v) is 4.13. The van der Waals surface area contributed by atoms with Gasteiger partial charge < -0.3 is 23.8 Å². The molecule has 148 valence electrons. The third kappa shape index (κ3) is 3.52. The van der Waals surface area contributed by atoms with E-state index in [1.807, 2.05) is 13.8 Å². The Morgan fingerprint density at radius 1 is 1.04 bits per heavy atom. The van der Waals surface area contributed by atoms with Gasteiger partial charge in [-0.05, 0) is 31.0 Å². The number of allylic oxidation sites excluding steroid dienone is 1. The number of anilines is 1. The summed E-state index contributed by atoms with van der Waals surface area (Å²) in [5.41, 5.74) is 4.89. The molecule has 0 aromatic heterocycles. The van der Waals surface area contributed by atoms with Gasteiger partial charge in [0, 0.05) is 30.4 Å². The van der Waals surface area contributed by atoms with Crippen LogP contribution in [0.5, 0.6) is 0 Å². The normalized spacial score (nSPS) is 31.6. The number of benzene rings is 1. The lowest BCUT2D eigenvalue weighted by Crippen LogP contribution is -2.51. The van der Waals surface area contributed by atoms with Crippen molar-refractivity contribution in [3.8, 4) is 0 Å². The highest BCUT2D eigenvalue weighted by Crippen LogP contribution is 2.46. The van der Waals surface area contributed by atoms with Crippen LogP contribution in [0.1, 0.15) is 38.8 Å². The summed E-state index contributed by atoms with van der Waals surface area (Å²) >= 11 is 0. The Balaban J connectivity index is 1.48. The maximum atomic E-state index is 5.63. The molecular formula is C21H30N2O4. The molecule has 0 amide bonds. The zero-order valence-corrected chi connectivity index (χ0v) is 16.9. The molecule has 1 aromatic rings. The Morgan fingerprint density at radius 2 is 1.59 bits per heavy atom. The molecule has 3 aliphatic rings. The lowest BCUT2D eigenvalue weighted by Gasteiger charge is -2.40. The topological polar surface area (TPSA) is 43.4 Å². The van der Waals surface area contributed by atoms with Gasteiger partial charge in [-0.1, -0.05) is 32.6 Å². The van der Waals surface area contributed by atoms with Crippen molar-refractivity contribution in [1.29, 1.82) is 0 Å². The van der Waals surface area contributed by atoms with Crippen LogP contribution in [0.2, 0.25) is 0 Å². The van der Waals surface area contributed by atoms with Gasteiger partial charge in [0.15, 0.2) is 25.2 Å². The molecular weight excluding hydrogens is 344 g/mol. The number of hydrogen-bond donors (Lipinski definition) is 0. The molecule has 0 radical (unpaired) electrons. The molecule has 6 heteroatoms. The second kappa shape index (κ2) is 6.87. The lowest BCUT2D eigenvalue weighted by molar-refractivity contribution is -0.391. The monoisotopic (exact) mass is 374 g/mol. The highest BCUT2D eigenvalue weighted by Gasteiger charge is 2.38. The third-order valence-electron chi connectivity index (χ3n) is 5.82. The maximum Gasteiger partial charge on any atom is 0.176 e. The summed E-state index contributed by atoms with van der Waals surface area (Å²) in [7, 11) is 2.09. The average molecular weight is 374 g/mol. The van der Waals surface area contributed by atoms with E-state index in [0.29, 0.717) is 13.1 Å². The molecule has 0 aliphatic carbocycles. The molecule has 0 saturated carbocycles. The lowest BCUT2D eigenvalue weighted by atomic mass is 9.84. The molecule has 0 bridgehead atoms. The standard InChI is InChI=1S/C21H30N2O4/c1-13-21(4,5)17-8-7-16(9-18(17)22(13)6)10-23(11-19-24-14(2)25-19)12-20-26-15(3)27-20/h7-9,14-15,19-20H,1,10-12H2,2-6H3. The maximum absolute atomic E-state index is 5.63. The van der Waals surface area contributed by atoms with Crippen LogP contribution in [0.4, 0.5) is 5.69 Å². The van der Waals surface area contributed by atoms with Crippen molar-refractivity contribution in [2.75, 3.05) is 25.0 Å². The van der Waals surface area contributed by atoms with Crippen LogP contribution in [0.15, 0.2) is 30.5 Å². The van der Waals surface area contributed by atoms with Crippen LogP contribution in [0.3, 0.4) is 0 Å². The van der Waals surface area contributed by atoms with Crippen molar-refractivity contribution in [3.05, 3.63) is 41.6 Å². The zero-order valence-electron chi connectivity index (χ0n) is 16.9.